The molecule has 10 heteroatoms. The topological polar surface area (TPSA) is 87.7 Å². The van der Waals surface area contributed by atoms with Gasteiger partial charge in [-0.25, -0.2) is 17.2 Å². The SMILES string of the molecule is CCS(=O)(=O)Nc1ccc(C(=O)NCC(CN2CCOCC2)c2c(F)cccc2F)cc1. The fourth-order valence-electron chi connectivity index (χ4n) is 3.51. The molecule has 0 bridgehead atoms. The summed E-state index contributed by atoms with van der Waals surface area (Å²) in [4.78, 5) is 14.7. The molecule has 0 saturated carbocycles. The quantitative estimate of drug-likeness (QED) is 0.592. The minimum absolute atomic E-state index is 0.0399. The highest BCUT2D eigenvalue weighted by atomic mass is 32.2. The summed E-state index contributed by atoms with van der Waals surface area (Å²) in [5.41, 5.74) is 0.606. The van der Waals surface area contributed by atoms with Gasteiger partial charge < -0.3 is 10.1 Å². The molecule has 7 nitrogen and oxygen atoms in total. The zero-order valence-corrected chi connectivity index (χ0v) is 18.6. The fourth-order valence-corrected chi connectivity index (χ4v) is 4.15. The van der Waals surface area contributed by atoms with Gasteiger partial charge in [0.25, 0.3) is 5.91 Å². The number of hydrogen-bond acceptors (Lipinski definition) is 5. The fraction of sp³-hybridized carbons (Fsp3) is 0.409. The van der Waals surface area contributed by atoms with E-state index in [4.69, 9.17) is 4.74 Å². The lowest BCUT2D eigenvalue weighted by atomic mass is 9.96. The standard InChI is InChI=1S/C22H27F2N3O4S/c1-2-32(29,30)26-18-8-6-16(7-9-18)22(28)25-14-17(15-27-10-12-31-13-11-27)21-19(23)4-3-5-20(21)24/h3-9,17,26H,2,10-15H2,1H3,(H,25,28). The molecule has 1 unspecified atom stereocenters. The number of rotatable bonds is 9. The first-order valence-electron chi connectivity index (χ1n) is 10.4. The van der Waals surface area contributed by atoms with Crippen LogP contribution in [0.4, 0.5) is 14.5 Å². The van der Waals surface area contributed by atoms with Gasteiger partial charge in [-0.1, -0.05) is 6.07 Å². The third-order valence-electron chi connectivity index (χ3n) is 5.30. The number of nitrogens with one attached hydrogen (secondary N) is 2. The molecule has 174 valence electrons. The molecule has 0 spiro atoms. The molecule has 0 radical (unpaired) electrons. The van der Waals surface area contributed by atoms with Gasteiger partial charge in [0.1, 0.15) is 11.6 Å². The van der Waals surface area contributed by atoms with E-state index in [1.54, 1.807) is 0 Å². The predicted molar refractivity (Wildman–Crippen MR) is 118 cm³/mol. The number of carbonyl (C=O) groups excluding carboxylic acids is 1. The zero-order valence-electron chi connectivity index (χ0n) is 17.8. The van der Waals surface area contributed by atoms with Crippen molar-refractivity contribution in [2.45, 2.75) is 12.8 Å². The Morgan fingerprint density at radius 2 is 1.72 bits per heavy atom. The summed E-state index contributed by atoms with van der Waals surface area (Å²) in [6.45, 7) is 4.33. The molecule has 1 heterocycles. The molecule has 1 atom stereocenters. The third-order valence-corrected chi connectivity index (χ3v) is 6.61. The van der Waals surface area contributed by atoms with Crippen LogP contribution in [0.15, 0.2) is 42.5 Å². The van der Waals surface area contributed by atoms with Gasteiger partial charge in [-0.05, 0) is 43.3 Å². The van der Waals surface area contributed by atoms with Gasteiger partial charge in [0.2, 0.25) is 10.0 Å². The summed E-state index contributed by atoms with van der Waals surface area (Å²) in [6, 6.07) is 9.69. The van der Waals surface area contributed by atoms with Crippen molar-refractivity contribution in [1.29, 1.82) is 0 Å². The van der Waals surface area contributed by atoms with Crippen LogP contribution in [0.5, 0.6) is 0 Å². The first-order chi connectivity index (χ1) is 15.3. The summed E-state index contributed by atoms with van der Waals surface area (Å²) >= 11 is 0. The van der Waals surface area contributed by atoms with Crippen molar-refractivity contribution in [1.82, 2.24) is 10.2 Å². The number of sulfonamides is 1. The average molecular weight is 468 g/mol. The second-order valence-electron chi connectivity index (χ2n) is 7.54. The van der Waals surface area contributed by atoms with Crippen LogP contribution in [0, 0.1) is 11.6 Å². The number of ether oxygens (including phenoxy) is 1. The Hall–Kier alpha value is -2.56. The average Bonchev–Trinajstić information content (AvgIpc) is 2.78. The van der Waals surface area contributed by atoms with Crippen molar-refractivity contribution in [2.24, 2.45) is 0 Å². The number of nitrogens with zero attached hydrogens (tertiary/aromatic N) is 1. The minimum Gasteiger partial charge on any atom is -0.379 e. The number of morpholine rings is 1. The highest BCUT2D eigenvalue weighted by molar-refractivity contribution is 7.92. The number of anilines is 1. The Bertz CT molecular complexity index is 1010. The molecule has 1 fully saturated rings. The van der Waals surface area contributed by atoms with Gasteiger partial charge in [-0.2, -0.15) is 0 Å². The summed E-state index contributed by atoms with van der Waals surface area (Å²) in [5, 5.41) is 2.75. The van der Waals surface area contributed by atoms with Crippen LogP contribution >= 0.6 is 0 Å². The van der Waals surface area contributed by atoms with Crippen molar-refractivity contribution in [3.8, 4) is 0 Å². The summed E-state index contributed by atoms with van der Waals surface area (Å²) in [5.74, 6) is -2.37. The van der Waals surface area contributed by atoms with Gasteiger partial charge in [-0.15, -0.1) is 0 Å². The molecule has 0 aliphatic carbocycles. The molecule has 32 heavy (non-hydrogen) atoms. The van der Waals surface area contributed by atoms with E-state index in [0.29, 0.717) is 44.1 Å². The number of benzene rings is 2. The number of carbonyl (C=O) groups is 1. The van der Waals surface area contributed by atoms with Crippen LogP contribution in [-0.4, -0.2) is 64.4 Å². The molecular formula is C22H27F2N3O4S. The molecule has 1 aliphatic rings. The van der Waals surface area contributed by atoms with Gasteiger partial charge in [0, 0.05) is 48.9 Å². The Balaban J connectivity index is 1.70. The molecule has 1 saturated heterocycles. The maximum absolute atomic E-state index is 14.5. The largest absolute Gasteiger partial charge is 0.379 e. The van der Waals surface area contributed by atoms with E-state index >= 15 is 0 Å². The second-order valence-corrected chi connectivity index (χ2v) is 9.55. The summed E-state index contributed by atoms with van der Waals surface area (Å²) in [7, 11) is -3.42. The molecule has 3 rings (SSSR count). The molecular weight excluding hydrogens is 440 g/mol. The first kappa shape index (κ1) is 24.1. The highest BCUT2D eigenvalue weighted by Gasteiger charge is 2.24. The van der Waals surface area contributed by atoms with E-state index in [1.165, 1.54) is 49.4 Å². The molecule has 2 aromatic carbocycles. The molecule has 2 aromatic rings. The monoisotopic (exact) mass is 467 g/mol. The van der Waals surface area contributed by atoms with E-state index in [-0.39, 0.29) is 17.9 Å². The maximum atomic E-state index is 14.5. The number of hydrogen-bond donors (Lipinski definition) is 2. The predicted octanol–water partition coefficient (Wildman–Crippen LogP) is 2.57. The van der Waals surface area contributed by atoms with Crippen LogP contribution in [0.1, 0.15) is 28.8 Å². The van der Waals surface area contributed by atoms with Crippen LogP contribution in [0.25, 0.3) is 0 Å². The van der Waals surface area contributed by atoms with Crippen LogP contribution in [0.3, 0.4) is 0 Å². The first-order valence-corrected chi connectivity index (χ1v) is 12.1. The normalized spacial score (nSPS) is 15.8. The third kappa shape index (κ3) is 6.47. The Labute approximate surface area is 186 Å². The summed E-state index contributed by atoms with van der Waals surface area (Å²) in [6.07, 6.45) is 0. The van der Waals surface area contributed by atoms with Crippen molar-refractivity contribution >= 4 is 21.6 Å². The van der Waals surface area contributed by atoms with Crippen molar-refractivity contribution in [3.05, 3.63) is 65.2 Å². The van der Waals surface area contributed by atoms with E-state index < -0.39 is 33.5 Å². The smallest absolute Gasteiger partial charge is 0.251 e. The lowest BCUT2D eigenvalue weighted by Crippen LogP contribution is -2.41. The molecule has 0 aromatic heterocycles. The molecule has 1 amide bonds. The minimum atomic E-state index is -3.42. The number of amides is 1. The Kier molecular flexibility index (Phi) is 8.16. The van der Waals surface area contributed by atoms with Crippen molar-refractivity contribution < 1.29 is 26.7 Å². The van der Waals surface area contributed by atoms with Crippen LogP contribution in [-0.2, 0) is 14.8 Å². The van der Waals surface area contributed by atoms with E-state index in [9.17, 15) is 22.0 Å². The van der Waals surface area contributed by atoms with Gasteiger partial charge in [0.15, 0.2) is 0 Å². The lowest BCUT2D eigenvalue weighted by Gasteiger charge is -2.31. The van der Waals surface area contributed by atoms with E-state index in [2.05, 4.69) is 14.9 Å². The van der Waals surface area contributed by atoms with Crippen LogP contribution < -0.4 is 10.0 Å². The van der Waals surface area contributed by atoms with Gasteiger partial charge in [-0.3, -0.25) is 14.4 Å². The van der Waals surface area contributed by atoms with Crippen molar-refractivity contribution in [2.75, 3.05) is 49.9 Å². The van der Waals surface area contributed by atoms with E-state index in [0.717, 1.165) is 0 Å². The van der Waals surface area contributed by atoms with Crippen molar-refractivity contribution in [3.63, 3.8) is 0 Å². The Morgan fingerprint density at radius 1 is 1.09 bits per heavy atom. The van der Waals surface area contributed by atoms with E-state index in [1.807, 2.05) is 0 Å². The second kappa shape index (κ2) is 10.8. The lowest BCUT2D eigenvalue weighted by molar-refractivity contribution is 0.0346. The molecule has 1 aliphatic heterocycles. The highest BCUT2D eigenvalue weighted by Crippen LogP contribution is 2.24. The van der Waals surface area contributed by atoms with Gasteiger partial charge >= 0.3 is 0 Å². The maximum Gasteiger partial charge on any atom is 0.251 e. The zero-order chi connectivity index (χ0) is 23.1. The molecule has 2 N–H and O–H groups in total. The Morgan fingerprint density at radius 3 is 2.31 bits per heavy atom. The van der Waals surface area contributed by atoms with Crippen LogP contribution in [0.2, 0.25) is 0 Å². The van der Waals surface area contributed by atoms with Gasteiger partial charge in [0.05, 0.1) is 19.0 Å². The number of halogens is 2. The summed E-state index contributed by atoms with van der Waals surface area (Å²) < 4.78 is 60.0.